The van der Waals surface area contributed by atoms with E-state index >= 15 is 0 Å². The van der Waals surface area contributed by atoms with Gasteiger partial charge >= 0.3 is 7.12 Å². The van der Waals surface area contributed by atoms with Gasteiger partial charge in [-0.25, -0.2) is 4.39 Å². The minimum atomic E-state index is -0.672. The summed E-state index contributed by atoms with van der Waals surface area (Å²) in [4.78, 5) is 4.14. The van der Waals surface area contributed by atoms with Crippen LogP contribution < -0.4 is 5.46 Å². The summed E-state index contributed by atoms with van der Waals surface area (Å²) in [5.41, 5.74) is 0.373. The van der Waals surface area contributed by atoms with Crippen LogP contribution in [0.25, 0.3) is 0 Å². The minimum Gasteiger partial charge on any atom is -0.399 e. The van der Waals surface area contributed by atoms with E-state index in [0.29, 0.717) is 11.4 Å². The average molecular weight is 279 g/mol. The first-order valence-electron chi connectivity index (χ1n) is 7.12. The van der Waals surface area contributed by atoms with Crippen LogP contribution in [-0.4, -0.2) is 23.3 Å². The van der Waals surface area contributed by atoms with E-state index < -0.39 is 18.3 Å². The summed E-state index contributed by atoms with van der Waals surface area (Å²) in [5, 5.41) is 0. The minimum absolute atomic E-state index is 0.379. The lowest BCUT2D eigenvalue weighted by Crippen LogP contribution is -2.41. The molecule has 0 aliphatic carbocycles. The third kappa shape index (κ3) is 2.89. The number of hydrogen-bond acceptors (Lipinski definition) is 3. The van der Waals surface area contributed by atoms with Gasteiger partial charge in [0.2, 0.25) is 0 Å². The van der Waals surface area contributed by atoms with E-state index in [1.807, 2.05) is 27.7 Å². The highest BCUT2D eigenvalue weighted by Crippen LogP contribution is 2.36. The summed E-state index contributed by atoms with van der Waals surface area (Å²) < 4.78 is 25.8. The number of rotatable bonds is 3. The van der Waals surface area contributed by atoms with Crippen LogP contribution in [0.15, 0.2) is 12.3 Å². The van der Waals surface area contributed by atoms with Crippen molar-refractivity contribution in [2.45, 2.75) is 59.2 Å². The van der Waals surface area contributed by atoms with E-state index in [1.54, 1.807) is 6.07 Å². The van der Waals surface area contributed by atoms with E-state index in [1.165, 1.54) is 6.20 Å². The maximum atomic E-state index is 14.0. The summed E-state index contributed by atoms with van der Waals surface area (Å²) >= 11 is 0. The molecule has 1 aliphatic rings. The summed E-state index contributed by atoms with van der Waals surface area (Å²) in [6, 6.07) is 1.76. The largest absolute Gasteiger partial charge is 0.497 e. The summed E-state index contributed by atoms with van der Waals surface area (Å²) in [6.45, 7) is 12.1. The van der Waals surface area contributed by atoms with Gasteiger partial charge in [-0.15, -0.1) is 0 Å². The van der Waals surface area contributed by atoms with Gasteiger partial charge in [0.15, 0.2) is 0 Å². The monoisotopic (exact) mass is 279 g/mol. The Balaban J connectivity index is 2.30. The fourth-order valence-corrected chi connectivity index (χ4v) is 2.18. The van der Waals surface area contributed by atoms with Crippen molar-refractivity contribution in [3.8, 4) is 0 Å². The summed E-state index contributed by atoms with van der Waals surface area (Å²) in [5.74, 6) is 0.0927. The SMILES string of the molecule is CC(C)Cc1cc(B2OC(C)(C)C(C)(C)O2)c(F)cn1. The number of pyridine rings is 1. The lowest BCUT2D eigenvalue weighted by Gasteiger charge is -2.32. The van der Waals surface area contributed by atoms with E-state index in [4.69, 9.17) is 9.31 Å². The molecule has 0 aromatic carbocycles. The third-order valence-corrected chi connectivity index (χ3v) is 4.07. The van der Waals surface area contributed by atoms with Gasteiger partial charge in [0, 0.05) is 11.2 Å². The normalized spacial score (nSPS) is 20.7. The molecule has 1 aliphatic heterocycles. The Morgan fingerprint density at radius 2 is 1.75 bits per heavy atom. The lowest BCUT2D eigenvalue weighted by atomic mass is 9.78. The van der Waals surface area contributed by atoms with Crippen molar-refractivity contribution in [3.05, 3.63) is 23.8 Å². The van der Waals surface area contributed by atoms with E-state index in [0.717, 1.165) is 12.1 Å². The number of halogens is 1. The smallest absolute Gasteiger partial charge is 0.399 e. The molecule has 2 heterocycles. The standard InChI is InChI=1S/C15H23BFNO2/c1-10(2)7-11-8-12(13(17)9-18-11)16-19-14(3,4)15(5,6)20-16/h8-10H,7H2,1-6H3. The van der Waals surface area contributed by atoms with Gasteiger partial charge in [-0.1, -0.05) is 13.8 Å². The van der Waals surface area contributed by atoms with Crippen LogP contribution in [0.3, 0.4) is 0 Å². The van der Waals surface area contributed by atoms with E-state index in [-0.39, 0.29) is 5.82 Å². The molecule has 0 spiro atoms. The van der Waals surface area contributed by atoms with Crippen LogP contribution in [0.1, 0.15) is 47.2 Å². The Morgan fingerprint density at radius 1 is 1.20 bits per heavy atom. The predicted molar refractivity (Wildman–Crippen MR) is 78.5 cm³/mol. The second kappa shape index (κ2) is 5.12. The van der Waals surface area contributed by atoms with Crippen molar-refractivity contribution in [1.29, 1.82) is 0 Å². The highest BCUT2D eigenvalue weighted by atomic mass is 19.1. The molecule has 0 unspecified atom stereocenters. The zero-order chi connectivity index (χ0) is 15.1. The Morgan fingerprint density at radius 3 is 2.25 bits per heavy atom. The number of hydrogen-bond donors (Lipinski definition) is 0. The lowest BCUT2D eigenvalue weighted by molar-refractivity contribution is 0.00578. The second-order valence-electron chi connectivity index (χ2n) is 6.88. The fraction of sp³-hybridized carbons (Fsp3) is 0.667. The van der Waals surface area contributed by atoms with Gasteiger partial charge in [0.25, 0.3) is 0 Å². The highest BCUT2D eigenvalue weighted by Gasteiger charge is 2.52. The van der Waals surface area contributed by atoms with Gasteiger partial charge in [0.05, 0.1) is 17.4 Å². The molecule has 1 saturated heterocycles. The number of aromatic nitrogens is 1. The average Bonchev–Trinajstić information content (AvgIpc) is 2.50. The maximum Gasteiger partial charge on any atom is 0.497 e. The Bertz CT molecular complexity index is 487. The van der Waals surface area contributed by atoms with Gasteiger partial charge in [0.1, 0.15) is 5.82 Å². The topological polar surface area (TPSA) is 31.4 Å². The zero-order valence-electron chi connectivity index (χ0n) is 13.2. The first-order valence-corrected chi connectivity index (χ1v) is 7.12. The molecule has 1 aromatic heterocycles. The Labute approximate surface area is 121 Å². The van der Waals surface area contributed by atoms with Crippen molar-refractivity contribution in [2.75, 3.05) is 0 Å². The van der Waals surface area contributed by atoms with Crippen LogP contribution in [0.4, 0.5) is 4.39 Å². The fourth-order valence-electron chi connectivity index (χ4n) is 2.18. The highest BCUT2D eigenvalue weighted by molar-refractivity contribution is 6.62. The third-order valence-electron chi connectivity index (χ3n) is 4.07. The number of nitrogens with zero attached hydrogens (tertiary/aromatic N) is 1. The van der Waals surface area contributed by atoms with Crippen molar-refractivity contribution in [1.82, 2.24) is 4.98 Å². The molecule has 3 nitrogen and oxygen atoms in total. The second-order valence-corrected chi connectivity index (χ2v) is 6.88. The summed E-state index contributed by atoms with van der Waals surface area (Å²) in [7, 11) is -0.672. The molecule has 2 rings (SSSR count). The molecule has 0 radical (unpaired) electrons. The van der Waals surface area contributed by atoms with Crippen molar-refractivity contribution >= 4 is 12.6 Å². The molecule has 0 N–H and O–H groups in total. The van der Waals surface area contributed by atoms with Crippen LogP contribution in [0.5, 0.6) is 0 Å². The molecule has 0 bridgehead atoms. The molecule has 1 aromatic rings. The van der Waals surface area contributed by atoms with Gasteiger partial charge < -0.3 is 9.31 Å². The van der Waals surface area contributed by atoms with Crippen molar-refractivity contribution < 1.29 is 13.7 Å². The van der Waals surface area contributed by atoms with E-state index in [2.05, 4.69) is 18.8 Å². The first kappa shape index (κ1) is 15.5. The molecular weight excluding hydrogens is 256 g/mol. The molecule has 0 atom stereocenters. The van der Waals surface area contributed by atoms with Crippen LogP contribution in [0, 0.1) is 11.7 Å². The molecule has 1 fully saturated rings. The van der Waals surface area contributed by atoms with Gasteiger partial charge in [-0.2, -0.15) is 0 Å². The molecule has 110 valence electrons. The predicted octanol–water partition coefficient (Wildman–Crippen LogP) is 2.72. The molecular formula is C15H23BFNO2. The Kier molecular flexibility index (Phi) is 3.95. The molecule has 20 heavy (non-hydrogen) atoms. The molecule has 0 amide bonds. The van der Waals surface area contributed by atoms with E-state index in [9.17, 15) is 4.39 Å². The maximum absolute atomic E-state index is 14.0. The van der Waals surface area contributed by atoms with Crippen molar-refractivity contribution in [3.63, 3.8) is 0 Å². The van der Waals surface area contributed by atoms with Crippen LogP contribution in [-0.2, 0) is 15.7 Å². The summed E-state index contributed by atoms with van der Waals surface area (Å²) in [6.07, 6.45) is 2.07. The zero-order valence-corrected chi connectivity index (χ0v) is 13.2. The quantitative estimate of drug-likeness (QED) is 0.797. The van der Waals surface area contributed by atoms with Crippen LogP contribution >= 0.6 is 0 Å². The van der Waals surface area contributed by atoms with Crippen molar-refractivity contribution in [2.24, 2.45) is 5.92 Å². The van der Waals surface area contributed by atoms with Gasteiger partial charge in [-0.05, 0) is 46.1 Å². The molecule has 5 heteroatoms. The van der Waals surface area contributed by atoms with Gasteiger partial charge in [-0.3, -0.25) is 4.98 Å². The first-order chi connectivity index (χ1) is 9.12. The van der Waals surface area contributed by atoms with Crippen LogP contribution in [0.2, 0.25) is 0 Å². The Hall–Kier alpha value is -0.935. The molecule has 0 saturated carbocycles.